The first kappa shape index (κ1) is 37.9. The van der Waals surface area contributed by atoms with Crippen LogP contribution in [0.1, 0.15) is 88.7 Å². The fourth-order valence-electron chi connectivity index (χ4n) is 4.55. The van der Waals surface area contributed by atoms with Crippen LogP contribution in [0.2, 0.25) is 0 Å². The zero-order valence-corrected chi connectivity index (χ0v) is 29.2. The number of aliphatic imine (C=N–C) groups is 1. The molecular weight excluding hydrogens is 571 g/mol. The van der Waals surface area contributed by atoms with E-state index in [-0.39, 0.29) is 5.91 Å². The summed E-state index contributed by atoms with van der Waals surface area (Å²) < 4.78 is 0. The van der Waals surface area contributed by atoms with Crippen molar-refractivity contribution in [3.8, 4) is 0 Å². The molecule has 1 saturated heterocycles. The Labute approximate surface area is 268 Å². The van der Waals surface area contributed by atoms with Crippen LogP contribution < -0.4 is 11.1 Å². The molecule has 1 amide bonds. The number of likely N-dealkylation sites (tertiary alicyclic amines) is 1. The molecule has 2 aliphatic rings. The number of carbonyl (C=O) groups excluding carboxylic acids is 1. The summed E-state index contributed by atoms with van der Waals surface area (Å²) >= 11 is 6.31. The van der Waals surface area contributed by atoms with Crippen LogP contribution >= 0.6 is 20.8 Å². The molecular formula is C36H52ClN4OP. The minimum atomic E-state index is -0.536. The summed E-state index contributed by atoms with van der Waals surface area (Å²) in [5.41, 5.74) is 12.3. The van der Waals surface area contributed by atoms with Crippen LogP contribution in [0.4, 0.5) is 0 Å². The molecule has 1 heterocycles. The van der Waals surface area contributed by atoms with Crippen molar-refractivity contribution >= 4 is 38.2 Å². The number of nitrogens with zero attached hydrogens (tertiary/aromatic N) is 2. The normalized spacial score (nSPS) is 16.0. The van der Waals surface area contributed by atoms with Crippen LogP contribution in [0.25, 0.3) is 5.70 Å². The van der Waals surface area contributed by atoms with Gasteiger partial charge in [0.15, 0.2) is 0 Å². The van der Waals surface area contributed by atoms with Crippen molar-refractivity contribution in [2.75, 3.05) is 13.1 Å². The summed E-state index contributed by atoms with van der Waals surface area (Å²) in [6.07, 6.45) is 15.2. The second-order valence-electron chi connectivity index (χ2n) is 9.91. The number of halogens is 1. The van der Waals surface area contributed by atoms with Crippen LogP contribution in [0.15, 0.2) is 100 Å². The van der Waals surface area contributed by atoms with Crippen molar-refractivity contribution in [2.45, 2.75) is 80.2 Å². The van der Waals surface area contributed by atoms with Crippen LogP contribution in [0, 0.1) is 6.92 Å². The maximum Gasteiger partial charge on any atom is 0.252 e. The third kappa shape index (κ3) is 11.8. The molecule has 1 aromatic rings. The van der Waals surface area contributed by atoms with Gasteiger partial charge in [0, 0.05) is 47.1 Å². The highest BCUT2D eigenvalue weighted by molar-refractivity contribution is 7.22. The molecule has 3 N–H and O–H groups in total. The Kier molecular flexibility index (Phi) is 17.6. The molecule has 3 rings (SSSR count). The van der Waals surface area contributed by atoms with Gasteiger partial charge in [-0.2, -0.15) is 0 Å². The maximum absolute atomic E-state index is 13.5. The summed E-state index contributed by atoms with van der Waals surface area (Å²) in [5.74, 6) is -0.206. The molecule has 2 unspecified atom stereocenters. The lowest BCUT2D eigenvalue weighted by Crippen LogP contribution is -2.41. The predicted molar refractivity (Wildman–Crippen MR) is 193 cm³/mol. The molecule has 0 saturated carbocycles. The minimum Gasteiger partial charge on any atom is -0.397 e. The number of hydrogen-bond donors (Lipinski definition) is 2. The van der Waals surface area contributed by atoms with Gasteiger partial charge in [0.25, 0.3) is 5.91 Å². The topological polar surface area (TPSA) is 70.7 Å². The minimum absolute atomic E-state index is 0.206. The van der Waals surface area contributed by atoms with Gasteiger partial charge in [-0.15, -0.1) is 9.24 Å². The first-order valence-electron chi connectivity index (χ1n) is 15.3. The third-order valence-corrected chi connectivity index (χ3v) is 7.74. The fraction of sp³-hybridized carbons (Fsp3) is 0.389. The second-order valence-corrected chi connectivity index (χ2v) is 11.1. The molecule has 1 aromatic carbocycles. The zero-order valence-electron chi connectivity index (χ0n) is 27.3. The molecule has 7 heteroatoms. The van der Waals surface area contributed by atoms with Gasteiger partial charge < -0.3 is 16.0 Å². The van der Waals surface area contributed by atoms with E-state index < -0.39 is 6.04 Å². The van der Waals surface area contributed by atoms with Gasteiger partial charge in [-0.3, -0.25) is 9.79 Å². The van der Waals surface area contributed by atoms with Gasteiger partial charge in [0.05, 0.1) is 17.4 Å². The Bertz CT molecular complexity index is 1310. The number of allylic oxidation sites excluding steroid dienone is 7. The summed E-state index contributed by atoms with van der Waals surface area (Å²) in [5, 5.41) is 4.95. The Morgan fingerprint density at radius 1 is 1.21 bits per heavy atom. The largest absolute Gasteiger partial charge is 0.397 e. The molecule has 0 radical (unpaired) electrons. The van der Waals surface area contributed by atoms with E-state index in [4.69, 9.17) is 22.3 Å². The molecule has 43 heavy (non-hydrogen) atoms. The summed E-state index contributed by atoms with van der Waals surface area (Å²) in [7, 11) is 2.72. The number of rotatable bonds is 10. The highest BCUT2D eigenvalue weighted by Gasteiger charge is 2.21. The molecule has 0 spiro atoms. The quantitative estimate of drug-likeness (QED) is 0.155. The Morgan fingerprint density at radius 3 is 2.47 bits per heavy atom. The molecule has 1 aliphatic heterocycles. The monoisotopic (exact) mass is 622 g/mol. The van der Waals surface area contributed by atoms with Crippen molar-refractivity contribution in [1.29, 1.82) is 0 Å². The lowest BCUT2D eigenvalue weighted by molar-refractivity contribution is 0.0951. The number of hydrogen-bond acceptors (Lipinski definition) is 4. The number of nitrogens with one attached hydrogen (secondary N) is 1. The van der Waals surface area contributed by atoms with Crippen molar-refractivity contribution in [3.05, 3.63) is 112 Å². The zero-order chi connectivity index (χ0) is 32.5. The van der Waals surface area contributed by atoms with E-state index in [0.717, 1.165) is 36.3 Å². The van der Waals surface area contributed by atoms with Gasteiger partial charge in [0.2, 0.25) is 0 Å². The Morgan fingerprint density at radius 2 is 1.86 bits per heavy atom. The van der Waals surface area contributed by atoms with Gasteiger partial charge in [0.1, 0.15) is 0 Å². The fourth-order valence-corrected chi connectivity index (χ4v) is 4.88. The molecule has 2 atom stereocenters. The molecule has 0 bridgehead atoms. The Hall–Kier alpha value is -3.14. The lowest BCUT2D eigenvalue weighted by atomic mass is 10.00. The molecule has 0 aromatic heterocycles. The average molecular weight is 623 g/mol. The molecule has 1 fully saturated rings. The number of carbonyl (C=O) groups is 1. The van der Waals surface area contributed by atoms with E-state index in [0.29, 0.717) is 39.7 Å². The maximum atomic E-state index is 13.5. The number of nitrogens with two attached hydrogens (primary N) is 1. The van der Waals surface area contributed by atoms with E-state index in [9.17, 15) is 4.79 Å². The first-order valence-corrected chi connectivity index (χ1v) is 16.3. The van der Waals surface area contributed by atoms with Gasteiger partial charge in [-0.05, 0) is 75.5 Å². The number of aryl methyl sites for hydroxylation is 1. The van der Waals surface area contributed by atoms with Gasteiger partial charge in [-0.25, -0.2) is 0 Å². The Balaban J connectivity index is 0.00000221. The van der Waals surface area contributed by atoms with E-state index in [1.165, 1.54) is 18.2 Å². The molecule has 234 valence electrons. The van der Waals surface area contributed by atoms with Crippen molar-refractivity contribution < 1.29 is 4.79 Å². The van der Waals surface area contributed by atoms with E-state index in [1.54, 1.807) is 12.2 Å². The summed E-state index contributed by atoms with van der Waals surface area (Å²) in [6, 6.07) is 5.22. The van der Waals surface area contributed by atoms with E-state index in [2.05, 4.69) is 32.6 Å². The third-order valence-electron chi connectivity index (χ3n) is 6.90. The predicted octanol–water partition coefficient (Wildman–Crippen LogP) is 9.21. The lowest BCUT2D eigenvalue weighted by Gasteiger charge is -2.23. The number of amides is 1. The van der Waals surface area contributed by atoms with Crippen molar-refractivity contribution in [3.63, 3.8) is 0 Å². The van der Waals surface area contributed by atoms with Crippen LogP contribution in [0.5, 0.6) is 0 Å². The van der Waals surface area contributed by atoms with E-state index in [1.807, 2.05) is 91.0 Å². The SMILES string of the molecule is C=C(/C=C\C/C(P)=C\C)C(NC(=O)c1ccc(C(=C)N2CCCC2)c(C)c1)C(C)=NC1=C(N)C=CCC(Cl)=C1.CC.CC. The van der Waals surface area contributed by atoms with Crippen molar-refractivity contribution in [2.24, 2.45) is 10.7 Å². The van der Waals surface area contributed by atoms with Crippen LogP contribution in [-0.2, 0) is 0 Å². The van der Waals surface area contributed by atoms with Crippen LogP contribution in [0.3, 0.4) is 0 Å². The molecule has 1 aliphatic carbocycles. The second kappa shape index (κ2) is 19.9. The average Bonchev–Trinajstić information content (AvgIpc) is 3.50. The van der Waals surface area contributed by atoms with E-state index >= 15 is 0 Å². The standard InChI is InChI=1S/C32H40ClN4OP.2C2H6/c1-6-27(39)13-9-11-21(2)31(23(4)35-30-20-26(33)12-10-14-29(30)34)36-32(38)25-15-16-28(22(3)19-25)24(5)37-17-7-8-18-37;2*1-2/h6,9-11,14-16,19-20,31H,2,5,7-8,12-13,17-18,34,39H2,1,3-4H3,(H,36,38);2*1-2H3/b11-9-,27-6+,35-23?;;. The van der Waals surface area contributed by atoms with Crippen molar-refractivity contribution in [1.82, 2.24) is 10.2 Å². The summed E-state index contributed by atoms with van der Waals surface area (Å²) in [6.45, 7) is 24.5. The van der Waals surface area contributed by atoms with Gasteiger partial charge >= 0.3 is 0 Å². The summed E-state index contributed by atoms with van der Waals surface area (Å²) in [4.78, 5) is 20.6. The first-order chi connectivity index (χ1) is 20.6. The smallest absolute Gasteiger partial charge is 0.252 e. The number of benzene rings is 1. The van der Waals surface area contributed by atoms with Gasteiger partial charge in [-0.1, -0.05) is 88.1 Å². The highest BCUT2D eigenvalue weighted by atomic mass is 35.5. The molecule has 5 nitrogen and oxygen atoms in total. The van der Waals surface area contributed by atoms with Crippen LogP contribution in [-0.4, -0.2) is 35.7 Å². The highest BCUT2D eigenvalue weighted by Crippen LogP contribution is 2.26.